The molecule has 9 aromatic carbocycles. The molecule has 0 unspecified atom stereocenters. The third-order valence-corrected chi connectivity index (χ3v) is 12.7. The van der Waals surface area contributed by atoms with Gasteiger partial charge in [-0.15, -0.1) is 0 Å². The summed E-state index contributed by atoms with van der Waals surface area (Å²) in [6, 6.07) is 73.0. The van der Waals surface area contributed by atoms with Gasteiger partial charge in [0.15, 0.2) is 5.58 Å². The first-order valence-electron chi connectivity index (χ1n) is 21.4. The lowest BCUT2D eigenvalue weighted by Gasteiger charge is -2.30. The van der Waals surface area contributed by atoms with Crippen LogP contribution in [-0.2, 0) is 5.41 Å². The molecule has 11 aromatic rings. The molecule has 0 aliphatic heterocycles. The Bertz CT molecular complexity index is 3500. The number of anilines is 2. The average molecular weight is 809 g/mol. The standard InChI is InChI=1S/C59H40N2O2/c1-39(17-16-36-59(44-21-6-3-7-22-44)50-26-12-10-24-47(50)48-25-11-13-27-51(48)59)61(45-33-30-41(31-34-45)40-18-4-2-5-19-40)57-46-23-9-8-20-42(46)37-55-56(57)49-35-32-43(38-54(49)62-55)58-60-52-28-14-15-29-53(52)63-58/h2-38H,1H3/b36-16+,39-17+. The molecule has 0 fully saturated rings. The Morgan fingerprint density at radius 2 is 1.16 bits per heavy atom. The van der Waals surface area contributed by atoms with E-state index in [0.717, 1.165) is 72.0 Å². The van der Waals surface area contributed by atoms with Crippen LogP contribution < -0.4 is 4.90 Å². The largest absolute Gasteiger partial charge is 0.456 e. The maximum absolute atomic E-state index is 6.83. The number of hydrogen-bond donors (Lipinski definition) is 0. The Morgan fingerprint density at radius 1 is 0.524 bits per heavy atom. The molecule has 1 aliphatic rings. The highest BCUT2D eigenvalue weighted by Crippen LogP contribution is 2.53. The van der Waals surface area contributed by atoms with Gasteiger partial charge >= 0.3 is 0 Å². The average Bonchev–Trinajstić information content (AvgIpc) is 4.03. The van der Waals surface area contributed by atoms with Gasteiger partial charge in [-0.2, -0.15) is 0 Å². The van der Waals surface area contributed by atoms with Gasteiger partial charge in [0.25, 0.3) is 0 Å². The SMILES string of the molecule is C/C(=C\C=C\C1(c2ccccc2)c2ccccc2-c2ccccc21)N(c1ccc(-c2ccccc2)cc1)c1c2ccccc2cc2oc3cc(-c4nc5ccccc5o4)ccc3c12. The number of furan rings is 1. The van der Waals surface area contributed by atoms with E-state index in [4.69, 9.17) is 13.8 Å². The molecule has 0 atom stereocenters. The zero-order chi connectivity index (χ0) is 41.9. The maximum Gasteiger partial charge on any atom is 0.227 e. The molecule has 2 heterocycles. The summed E-state index contributed by atoms with van der Waals surface area (Å²) in [5, 5.41) is 4.27. The van der Waals surface area contributed by atoms with E-state index in [9.17, 15) is 0 Å². The number of allylic oxidation sites excluding steroid dienone is 4. The summed E-state index contributed by atoms with van der Waals surface area (Å²) in [6.45, 7) is 2.21. The summed E-state index contributed by atoms with van der Waals surface area (Å²) in [5.41, 5.74) is 15.4. The number of nitrogens with zero attached hydrogens (tertiary/aromatic N) is 2. The van der Waals surface area contributed by atoms with Gasteiger partial charge in [0, 0.05) is 27.7 Å². The van der Waals surface area contributed by atoms with E-state index in [-0.39, 0.29) is 0 Å². The molecule has 0 amide bonds. The highest BCUT2D eigenvalue weighted by molar-refractivity contribution is 6.21. The minimum atomic E-state index is -0.479. The van der Waals surface area contributed by atoms with Crippen LogP contribution in [0.2, 0.25) is 0 Å². The maximum atomic E-state index is 6.83. The van der Waals surface area contributed by atoms with E-state index in [1.54, 1.807) is 0 Å². The first-order valence-corrected chi connectivity index (χ1v) is 21.4. The van der Waals surface area contributed by atoms with Crippen LogP contribution in [0.15, 0.2) is 239 Å². The van der Waals surface area contributed by atoms with Crippen LogP contribution in [0.4, 0.5) is 11.4 Å². The fourth-order valence-electron chi connectivity index (χ4n) is 9.84. The summed E-state index contributed by atoms with van der Waals surface area (Å²) in [7, 11) is 0. The molecule has 0 saturated heterocycles. The fourth-order valence-corrected chi connectivity index (χ4v) is 9.84. The second kappa shape index (κ2) is 14.8. The van der Waals surface area contributed by atoms with Crippen LogP contribution in [0.25, 0.3) is 77.5 Å². The number of fused-ring (bicyclic) bond motifs is 8. The Hall–Kier alpha value is -8.21. The molecular formula is C59H40N2O2. The fraction of sp³-hybridized carbons (Fsp3) is 0.0339. The van der Waals surface area contributed by atoms with Crippen LogP contribution in [0.3, 0.4) is 0 Å². The van der Waals surface area contributed by atoms with Crippen LogP contribution in [0.5, 0.6) is 0 Å². The van der Waals surface area contributed by atoms with Crippen LogP contribution in [0.1, 0.15) is 23.6 Å². The van der Waals surface area contributed by atoms with E-state index in [1.807, 2.05) is 24.3 Å². The number of oxazole rings is 1. The van der Waals surface area contributed by atoms with E-state index >= 15 is 0 Å². The van der Waals surface area contributed by atoms with Crippen molar-refractivity contribution in [3.8, 4) is 33.7 Å². The topological polar surface area (TPSA) is 42.4 Å². The number of para-hydroxylation sites is 2. The minimum absolute atomic E-state index is 0.479. The summed E-state index contributed by atoms with van der Waals surface area (Å²) >= 11 is 0. The molecule has 0 bridgehead atoms. The van der Waals surface area contributed by atoms with Crippen molar-refractivity contribution in [3.63, 3.8) is 0 Å². The molecule has 2 aromatic heterocycles. The third kappa shape index (κ3) is 5.94. The van der Waals surface area contributed by atoms with Crippen molar-refractivity contribution in [3.05, 3.63) is 247 Å². The Balaban J connectivity index is 1.07. The van der Waals surface area contributed by atoms with Crippen molar-refractivity contribution in [1.82, 2.24) is 4.98 Å². The zero-order valence-electron chi connectivity index (χ0n) is 34.6. The monoisotopic (exact) mass is 808 g/mol. The highest BCUT2D eigenvalue weighted by Gasteiger charge is 2.42. The molecule has 0 N–H and O–H groups in total. The van der Waals surface area contributed by atoms with E-state index in [1.165, 1.54) is 33.4 Å². The van der Waals surface area contributed by atoms with Gasteiger partial charge in [-0.05, 0) is 106 Å². The second-order valence-corrected chi connectivity index (χ2v) is 16.3. The number of aromatic nitrogens is 1. The summed E-state index contributed by atoms with van der Waals surface area (Å²) in [6.07, 6.45) is 6.92. The molecule has 12 rings (SSSR count). The lowest BCUT2D eigenvalue weighted by Crippen LogP contribution is -2.24. The van der Waals surface area contributed by atoms with Crippen molar-refractivity contribution in [2.75, 3.05) is 4.90 Å². The Morgan fingerprint density at radius 3 is 1.92 bits per heavy atom. The molecule has 298 valence electrons. The van der Waals surface area contributed by atoms with Crippen molar-refractivity contribution in [2.24, 2.45) is 0 Å². The number of benzene rings is 9. The van der Waals surface area contributed by atoms with Crippen molar-refractivity contribution < 1.29 is 8.83 Å². The third-order valence-electron chi connectivity index (χ3n) is 12.7. The first-order chi connectivity index (χ1) is 31.1. The number of hydrogen-bond acceptors (Lipinski definition) is 4. The van der Waals surface area contributed by atoms with Crippen molar-refractivity contribution in [1.29, 1.82) is 0 Å². The number of rotatable bonds is 8. The van der Waals surface area contributed by atoms with Gasteiger partial charge < -0.3 is 13.7 Å². The first kappa shape index (κ1) is 36.6. The zero-order valence-corrected chi connectivity index (χ0v) is 34.6. The molecule has 1 aliphatic carbocycles. The summed E-state index contributed by atoms with van der Waals surface area (Å²) < 4.78 is 13.0. The molecule has 4 heteroatoms. The molecule has 0 spiro atoms. The van der Waals surface area contributed by atoms with Gasteiger partial charge in [0.2, 0.25) is 5.89 Å². The highest BCUT2D eigenvalue weighted by atomic mass is 16.3. The minimum Gasteiger partial charge on any atom is -0.456 e. The quantitative estimate of drug-likeness (QED) is 0.143. The van der Waals surface area contributed by atoms with Crippen LogP contribution in [0, 0.1) is 0 Å². The normalized spacial score (nSPS) is 13.3. The smallest absolute Gasteiger partial charge is 0.227 e. The Labute approximate surface area is 365 Å². The van der Waals surface area contributed by atoms with E-state index in [2.05, 4.69) is 212 Å². The van der Waals surface area contributed by atoms with Crippen molar-refractivity contribution >= 4 is 55.2 Å². The van der Waals surface area contributed by atoms with Gasteiger partial charge in [0.1, 0.15) is 16.7 Å². The van der Waals surface area contributed by atoms with Gasteiger partial charge in [0.05, 0.1) is 16.5 Å². The molecule has 63 heavy (non-hydrogen) atoms. The van der Waals surface area contributed by atoms with Gasteiger partial charge in [-0.25, -0.2) is 4.98 Å². The molecule has 0 radical (unpaired) electrons. The van der Waals surface area contributed by atoms with Gasteiger partial charge in [-0.1, -0.05) is 170 Å². The molecular weight excluding hydrogens is 769 g/mol. The predicted octanol–water partition coefficient (Wildman–Crippen LogP) is 15.8. The molecule has 4 nitrogen and oxygen atoms in total. The van der Waals surface area contributed by atoms with Crippen LogP contribution >= 0.6 is 0 Å². The lowest BCUT2D eigenvalue weighted by molar-refractivity contribution is 0.619. The van der Waals surface area contributed by atoms with E-state index in [0.29, 0.717) is 5.89 Å². The molecule has 0 saturated carbocycles. The summed E-state index contributed by atoms with van der Waals surface area (Å²) in [4.78, 5) is 7.20. The second-order valence-electron chi connectivity index (χ2n) is 16.3. The van der Waals surface area contributed by atoms with Crippen molar-refractivity contribution in [2.45, 2.75) is 12.3 Å². The predicted molar refractivity (Wildman–Crippen MR) is 259 cm³/mol. The lowest BCUT2D eigenvalue weighted by atomic mass is 9.72. The Kier molecular flexibility index (Phi) is 8.58. The van der Waals surface area contributed by atoms with Gasteiger partial charge in [-0.3, -0.25) is 0 Å². The summed E-state index contributed by atoms with van der Waals surface area (Å²) in [5.74, 6) is 0.565. The van der Waals surface area contributed by atoms with Crippen LogP contribution in [-0.4, -0.2) is 4.98 Å². The van der Waals surface area contributed by atoms with E-state index < -0.39 is 5.41 Å².